The summed E-state index contributed by atoms with van der Waals surface area (Å²) in [7, 11) is 1.88. The van der Waals surface area contributed by atoms with Gasteiger partial charge in [0.15, 0.2) is 5.82 Å². The molecule has 2 atom stereocenters. The Labute approximate surface area is 267 Å². The van der Waals surface area contributed by atoms with E-state index in [0.717, 1.165) is 46.4 Å². The second-order valence-corrected chi connectivity index (χ2v) is 14.9. The van der Waals surface area contributed by atoms with Crippen molar-refractivity contribution in [2.24, 2.45) is 7.05 Å². The van der Waals surface area contributed by atoms with Crippen molar-refractivity contribution < 1.29 is 23.9 Å². The van der Waals surface area contributed by atoms with Crippen LogP contribution in [0.2, 0.25) is 0 Å². The molecular formula is C35H40N6O5. The van der Waals surface area contributed by atoms with Gasteiger partial charge in [0, 0.05) is 30.3 Å². The Morgan fingerprint density at radius 1 is 0.935 bits per heavy atom. The van der Waals surface area contributed by atoms with E-state index in [2.05, 4.69) is 15.5 Å². The van der Waals surface area contributed by atoms with Gasteiger partial charge >= 0.3 is 12.2 Å². The zero-order valence-corrected chi connectivity index (χ0v) is 27.6. The van der Waals surface area contributed by atoms with Gasteiger partial charge in [-0.25, -0.2) is 14.5 Å². The van der Waals surface area contributed by atoms with E-state index in [-0.39, 0.29) is 11.8 Å². The van der Waals surface area contributed by atoms with Gasteiger partial charge in [-0.2, -0.15) is 9.78 Å². The number of carbonyl (C=O) groups is 3. The fourth-order valence-electron chi connectivity index (χ4n) is 6.51. The van der Waals surface area contributed by atoms with Crippen LogP contribution in [0.3, 0.4) is 0 Å². The monoisotopic (exact) mass is 624 g/mol. The number of ether oxygens (including phenoxy) is 2. The summed E-state index contributed by atoms with van der Waals surface area (Å²) in [6, 6.07) is 13.6. The lowest BCUT2D eigenvalue weighted by Gasteiger charge is -2.24. The summed E-state index contributed by atoms with van der Waals surface area (Å²) in [5.41, 5.74) is 2.44. The molecule has 11 nitrogen and oxygen atoms in total. The van der Waals surface area contributed by atoms with Crippen LogP contribution in [0.5, 0.6) is 0 Å². The van der Waals surface area contributed by atoms with Gasteiger partial charge < -0.3 is 14.8 Å². The minimum atomic E-state index is -0.905. The molecule has 2 saturated carbocycles. The maximum atomic E-state index is 14.2. The van der Waals surface area contributed by atoms with E-state index in [1.165, 1.54) is 9.58 Å². The Morgan fingerprint density at radius 3 is 2.30 bits per heavy atom. The number of rotatable bonds is 4. The zero-order chi connectivity index (χ0) is 32.9. The van der Waals surface area contributed by atoms with E-state index < -0.39 is 28.8 Å². The predicted molar refractivity (Wildman–Crippen MR) is 174 cm³/mol. The van der Waals surface area contributed by atoms with Crippen molar-refractivity contribution in [1.29, 1.82) is 0 Å². The molecular weight excluding hydrogens is 584 g/mol. The maximum absolute atomic E-state index is 14.2. The molecule has 3 heterocycles. The van der Waals surface area contributed by atoms with E-state index in [1.54, 1.807) is 25.5 Å². The van der Waals surface area contributed by atoms with Crippen LogP contribution in [0.4, 0.5) is 26.9 Å². The molecule has 1 N–H and O–H groups in total. The fraction of sp³-hybridized carbons (Fsp3) is 0.457. The van der Waals surface area contributed by atoms with E-state index >= 15 is 0 Å². The highest BCUT2D eigenvalue weighted by Gasteiger charge is 2.68. The summed E-state index contributed by atoms with van der Waals surface area (Å²) in [5.74, 6) is 1.25. The molecule has 4 aromatic rings. The number of benzene rings is 2. The van der Waals surface area contributed by atoms with Gasteiger partial charge in [0.2, 0.25) is 5.91 Å². The van der Waals surface area contributed by atoms with Crippen LogP contribution in [-0.4, -0.2) is 48.9 Å². The molecule has 1 aliphatic heterocycles. The summed E-state index contributed by atoms with van der Waals surface area (Å²) >= 11 is 0. The lowest BCUT2D eigenvalue weighted by Crippen LogP contribution is -2.41. The lowest BCUT2D eigenvalue weighted by atomic mass is 9.91. The minimum Gasteiger partial charge on any atom is -0.443 e. The van der Waals surface area contributed by atoms with Gasteiger partial charge in [0.25, 0.3) is 0 Å². The first-order valence-electron chi connectivity index (χ1n) is 15.8. The first-order chi connectivity index (χ1) is 21.6. The third-order valence-electron chi connectivity index (χ3n) is 8.81. The van der Waals surface area contributed by atoms with Crippen molar-refractivity contribution in [3.05, 3.63) is 64.8 Å². The van der Waals surface area contributed by atoms with E-state index in [4.69, 9.17) is 9.47 Å². The molecule has 1 spiro atoms. The van der Waals surface area contributed by atoms with Gasteiger partial charge in [-0.3, -0.25) is 9.48 Å². The molecule has 0 bridgehead atoms. The van der Waals surface area contributed by atoms with Crippen LogP contribution in [0.15, 0.2) is 42.5 Å². The van der Waals surface area contributed by atoms with Gasteiger partial charge in [0.1, 0.15) is 17.0 Å². The quantitative estimate of drug-likeness (QED) is 0.253. The number of aryl methyl sites for hydroxylation is 2. The molecule has 11 heteroatoms. The molecule has 46 heavy (non-hydrogen) atoms. The maximum Gasteiger partial charge on any atom is 0.435 e. The summed E-state index contributed by atoms with van der Waals surface area (Å²) in [6.07, 6.45) is 1.52. The number of carbonyl (C=O) groups excluding carboxylic acids is 3. The van der Waals surface area contributed by atoms with Gasteiger partial charge in [-0.1, -0.05) is 23.8 Å². The van der Waals surface area contributed by atoms with Crippen LogP contribution in [0.1, 0.15) is 95.0 Å². The second-order valence-electron chi connectivity index (χ2n) is 14.9. The largest absolute Gasteiger partial charge is 0.443 e. The van der Waals surface area contributed by atoms with Gasteiger partial charge in [-0.15, -0.1) is 5.10 Å². The Hall–Kier alpha value is -4.67. The number of hydrogen-bond donors (Lipinski definition) is 1. The summed E-state index contributed by atoms with van der Waals surface area (Å²) in [5, 5.41) is 13.4. The average Bonchev–Trinajstić information content (AvgIpc) is 3.84. The second kappa shape index (κ2) is 9.91. The van der Waals surface area contributed by atoms with Crippen molar-refractivity contribution in [1.82, 2.24) is 19.6 Å². The standard InChI is InChI=1S/C35H40N6O5/c1-19-9-14-26-23(15-19)35(30(42)40(26)31(43)45-33(2,3)4)18-24(35)21-12-13-22-27(16-21)41(32(44)46-34(5,6)7)38-29(22)36-28-17-25(20-10-11-20)37-39(28)8/h9,12-17,20,24H,10-11,18H2,1-8H3,(H,36,38)/t24-,35-/m0/s1. The zero-order valence-electron chi connectivity index (χ0n) is 27.6. The highest BCUT2D eigenvalue weighted by atomic mass is 16.6. The van der Waals surface area contributed by atoms with Crippen molar-refractivity contribution in [3.8, 4) is 0 Å². The number of amides is 2. The smallest absolute Gasteiger partial charge is 0.435 e. The topological polar surface area (TPSA) is 121 Å². The number of anilines is 3. The van der Waals surface area contributed by atoms with Crippen molar-refractivity contribution in [2.45, 2.75) is 96.2 Å². The van der Waals surface area contributed by atoms with Crippen LogP contribution in [-0.2, 0) is 26.7 Å². The Balaban J connectivity index is 1.28. The SMILES string of the molecule is Cc1ccc2c(c1)[C@]1(C[C@H]1c1ccc3c(Nc4cc(C5CC5)nn4C)nn(C(=O)OC(C)(C)C)c3c1)C(=O)N2C(=O)OC(C)(C)C. The highest BCUT2D eigenvalue weighted by Crippen LogP contribution is 2.66. The molecule has 240 valence electrons. The first kappa shape index (κ1) is 30.0. The van der Waals surface area contributed by atoms with E-state index in [1.807, 2.05) is 77.2 Å². The predicted octanol–water partition coefficient (Wildman–Crippen LogP) is 7.19. The van der Waals surface area contributed by atoms with Crippen LogP contribution < -0.4 is 10.2 Å². The normalized spacial score (nSPS) is 20.7. The summed E-state index contributed by atoms with van der Waals surface area (Å²) < 4.78 is 14.4. The number of aromatic nitrogens is 4. The number of hydrogen-bond acceptors (Lipinski definition) is 8. The van der Waals surface area contributed by atoms with E-state index in [0.29, 0.717) is 29.4 Å². The third kappa shape index (κ3) is 5.02. The summed E-state index contributed by atoms with van der Waals surface area (Å²) in [4.78, 5) is 42.1. The van der Waals surface area contributed by atoms with Crippen molar-refractivity contribution in [2.75, 3.05) is 10.2 Å². The molecule has 2 aromatic carbocycles. The fourth-order valence-corrected chi connectivity index (χ4v) is 6.51. The highest BCUT2D eigenvalue weighted by molar-refractivity contribution is 6.23. The van der Waals surface area contributed by atoms with Gasteiger partial charge in [-0.05, 0) is 97.1 Å². The molecule has 3 aliphatic rings. The number of imide groups is 1. The number of nitrogens with one attached hydrogen (secondary N) is 1. The molecule has 0 saturated heterocycles. The molecule has 0 unspecified atom stereocenters. The van der Waals surface area contributed by atoms with Gasteiger partial charge in [0.05, 0.1) is 22.3 Å². The van der Waals surface area contributed by atoms with E-state index in [9.17, 15) is 14.4 Å². The lowest BCUT2D eigenvalue weighted by molar-refractivity contribution is -0.120. The minimum absolute atomic E-state index is 0.214. The summed E-state index contributed by atoms with van der Waals surface area (Å²) in [6.45, 7) is 12.8. The number of nitrogens with zero attached hydrogens (tertiary/aromatic N) is 5. The third-order valence-corrected chi connectivity index (χ3v) is 8.81. The average molecular weight is 625 g/mol. The van der Waals surface area contributed by atoms with Crippen LogP contribution in [0.25, 0.3) is 10.9 Å². The molecule has 2 amide bonds. The molecule has 0 radical (unpaired) electrons. The molecule has 7 rings (SSSR count). The molecule has 2 fully saturated rings. The first-order valence-corrected chi connectivity index (χ1v) is 15.8. The Morgan fingerprint density at radius 2 is 1.63 bits per heavy atom. The molecule has 2 aromatic heterocycles. The Kier molecular flexibility index (Phi) is 6.47. The van der Waals surface area contributed by atoms with Crippen LogP contribution >= 0.6 is 0 Å². The van der Waals surface area contributed by atoms with Crippen LogP contribution in [0, 0.1) is 6.92 Å². The van der Waals surface area contributed by atoms with Crippen molar-refractivity contribution >= 4 is 46.3 Å². The van der Waals surface area contributed by atoms with Crippen molar-refractivity contribution in [3.63, 3.8) is 0 Å². The molecule has 2 aliphatic carbocycles. The Bertz CT molecular complexity index is 1940. The number of fused-ring (bicyclic) bond motifs is 3.